The Kier molecular flexibility index (Phi) is 3.69. The Morgan fingerprint density at radius 2 is 2.20 bits per heavy atom. The van der Waals surface area contributed by atoms with Gasteiger partial charge in [0.1, 0.15) is 5.82 Å². The number of hydrogen-bond acceptors (Lipinski definition) is 5. The third-order valence-electron chi connectivity index (χ3n) is 4.36. The second-order valence-corrected chi connectivity index (χ2v) is 6.28. The molecule has 8 nitrogen and oxygen atoms in total. The molecule has 0 saturated carbocycles. The number of pyridine rings is 2. The largest absolute Gasteiger partial charge is 0.476 e. The average Bonchev–Trinajstić information content (AvgIpc) is 3.01. The van der Waals surface area contributed by atoms with Crippen LogP contribution < -0.4 is 15.1 Å². The monoisotopic (exact) mass is 359 g/mol. The maximum absolute atomic E-state index is 12.8. The number of urea groups is 1. The lowest BCUT2D eigenvalue weighted by Crippen LogP contribution is -2.48. The number of fused-ring (bicyclic) bond motifs is 4. The summed E-state index contributed by atoms with van der Waals surface area (Å²) in [6, 6.07) is 6.30. The predicted octanol–water partition coefficient (Wildman–Crippen LogP) is 2.46. The van der Waals surface area contributed by atoms with E-state index in [2.05, 4.69) is 20.2 Å². The topological polar surface area (TPSA) is 98.7 Å². The Morgan fingerprint density at radius 1 is 1.36 bits per heavy atom. The quantitative estimate of drug-likeness (QED) is 0.854. The van der Waals surface area contributed by atoms with E-state index in [9.17, 15) is 14.7 Å². The van der Waals surface area contributed by atoms with E-state index in [0.717, 1.165) is 13.0 Å². The highest BCUT2D eigenvalue weighted by Crippen LogP contribution is 2.41. The van der Waals surface area contributed by atoms with Crippen molar-refractivity contribution in [1.82, 2.24) is 9.97 Å². The average molecular weight is 360 g/mol. The van der Waals surface area contributed by atoms with Crippen molar-refractivity contribution in [3.8, 4) is 0 Å². The molecule has 2 N–H and O–H groups in total. The highest BCUT2D eigenvalue weighted by Gasteiger charge is 2.41. The molecule has 4 rings (SSSR count). The van der Waals surface area contributed by atoms with Gasteiger partial charge in [-0.1, -0.05) is 17.7 Å². The molecule has 9 heteroatoms. The van der Waals surface area contributed by atoms with Crippen LogP contribution in [0.1, 0.15) is 16.9 Å². The van der Waals surface area contributed by atoms with E-state index < -0.39 is 12.0 Å². The van der Waals surface area contributed by atoms with Gasteiger partial charge in [-0.2, -0.15) is 0 Å². The fraction of sp³-hybridized carbons (Fsp3) is 0.250. The number of carbonyl (C=O) groups is 2. The van der Waals surface area contributed by atoms with Crippen LogP contribution in [0.5, 0.6) is 0 Å². The lowest BCUT2D eigenvalue weighted by atomic mass is 10.1. The number of amides is 2. The second kappa shape index (κ2) is 5.89. The third-order valence-corrected chi connectivity index (χ3v) is 4.64. The van der Waals surface area contributed by atoms with Crippen LogP contribution in [0.4, 0.5) is 22.1 Å². The summed E-state index contributed by atoms with van der Waals surface area (Å²) >= 11 is 6.05. The molecule has 2 aromatic heterocycles. The highest BCUT2D eigenvalue weighted by atomic mass is 35.5. The molecule has 2 amide bonds. The van der Waals surface area contributed by atoms with E-state index in [1.54, 1.807) is 30.5 Å². The van der Waals surface area contributed by atoms with Gasteiger partial charge in [0.05, 0.1) is 16.8 Å². The van der Waals surface area contributed by atoms with Gasteiger partial charge in [0.25, 0.3) is 0 Å². The highest BCUT2D eigenvalue weighted by molar-refractivity contribution is 6.33. The van der Waals surface area contributed by atoms with E-state index in [0.29, 0.717) is 23.9 Å². The van der Waals surface area contributed by atoms with Crippen LogP contribution in [-0.2, 0) is 0 Å². The number of carbonyl (C=O) groups excluding carboxylic acids is 1. The number of hydrogen-bond donors (Lipinski definition) is 2. The molecule has 0 aromatic carbocycles. The molecule has 1 unspecified atom stereocenters. The van der Waals surface area contributed by atoms with Gasteiger partial charge in [-0.3, -0.25) is 10.2 Å². The second-order valence-electron chi connectivity index (χ2n) is 5.87. The van der Waals surface area contributed by atoms with Crippen molar-refractivity contribution in [1.29, 1.82) is 0 Å². The van der Waals surface area contributed by atoms with Gasteiger partial charge in [0.2, 0.25) is 0 Å². The zero-order chi connectivity index (χ0) is 17.6. The molecule has 25 heavy (non-hydrogen) atoms. The van der Waals surface area contributed by atoms with Gasteiger partial charge < -0.3 is 10.0 Å². The molecule has 2 aliphatic rings. The van der Waals surface area contributed by atoms with Gasteiger partial charge in [0.15, 0.2) is 11.5 Å². The van der Waals surface area contributed by atoms with Crippen molar-refractivity contribution in [2.24, 2.45) is 0 Å². The Balaban J connectivity index is 1.75. The number of nitrogens with one attached hydrogen (secondary N) is 1. The molecule has 128 valence electrons. The van der Waals surface area contributed by atoms with Crippen LogP contribution in [0.3, 0.4) is 0 Å². The number of halogens is 1. The molecule has 2 bridgehead atoms. The SMILES string of the molecule is O=C(O)c1nc2c(cc1Cl)N1CCC(C1)N2C(=O)Nc1ccccn1. The first kappa shape index (κ1) is 15.6. The summed E-state index contributed by atoms with van der Waals surface area (Å²) in [5, 5.41) is 12.1. The standard InChI is InChI=1S/C16H14ClN5O3/c17-10-7-11-14(20-13(10)15(23)24)22(9-4-6-21(11)8-9)16(25)19-12-3-1-2-5-18-12/h1-3,5,7,9H,4,6,8H2,(H,23,24)(H,18,19,25). The van der Waals surface area contributed by atoms with Crippen molar-refractivity contribution < 1.29 is 14.7 Å². The van der Waals surface area contributed by atoms with Crippen LogP contribution in [0.15, 0.2) is 30.5 Å². The number of carboxylic acid groups (broad SMARTS) is 1. The number of aromatic nitrogens is 2. The predicted molar refractivity (Wildman–Crippen MR) is 92.6 cm³/mol. The van der Waals surface area contributed by atoms with Crippen LogP contribution in [0.2, 0.25) is 5.02 Å². The van der Waals surface area contributed by atoms with E-state index >= 15 is 0 Å². The molecule has 1 atom stereocenters. The summed E-state index contributed by atoms with van der Waals surface area (Å²) < 4.78 is 0. The Hall–Kier alpha value is -2.87. The molecule has 1 saturated heterocycles. The smallest absolute Gasteiger partial charge is 0.356 e. The summed E-state index contributed by atoms with van der Waals surface area (Å²) in [6.45, 7) is 1.42. The molecule has 2 aliphatic heterocycles. The van der Waals surface area contributed by atoms with Crippen LogP contribution >= 0.6 is 11.6 Å². The number of carboxylic acids is 1. The van der Waals surface area contributed by atoms with Gasteiger partial charge in [-0.05, 0) is 24.6 Å². The first-order valence-electron chi connectivity index (χ1n) is 7.74. The van der Waals surface area contributed by atoms with Crippen molar-refractivity contribution in [2.75, 3.05) is 28.2 Å². The summed E-state index contributed by atoms with van der Waals surface area (Å²) in [6.07, 6.45) is 2.35. The molecule has 2 aromatic rings. The van der Waals surface area contributed by atoms with Crippen molar-refractivity contribution in [2.45, 2.75) is 12.5 Å². The Bertz CT molecular complexity index is 860. The fourth-order valence-electron chi connectivity index (χ4n) is 3.24. The fourth-order valence-corrected chi connectivity index (χ4v) is 3.47. The van der Waals surface area contributed by atoms with Gasteiger partial charge in [0, 0.05) is 19.3 Å². The number of nitrogens with zero attached hydrogens (tertiary/aromatic N) is 4. The lowest BCUT2D eigenvalue weighted by Gasteiger charge is -2.35. The molecule has 0 radical (unpaired) electrons. The van der Waals surface area contributed by atoms with E-state index in [1.165, 1.54) is 4.90 Å². The molecule has 1 fully saturated rings. The van der Waals surface area contributed by atoms with Gasteiger partial charge in [-0.15, -0.1) is 0 Å². The third kappa shape index (κ3) is 2.64. The Morgan fingerprint density at radius 3 is 2.92 bits per heavy atom. The molecule has 0 spiro atoms. The maximum Gasteiger partial charge on any atom is 0.356 e. The van der Waals surface area contributed by atoms with Crippen LogP contribution in [0, 0.1) is 0 Å². The lowest BCUT2D eigenvalue weighted by molar-refractivity contribution is 0.0690. The summed E-state index contributed by atoms with van der Waals surface area (Å²) in [5.74, 6) is -0.503. The van der Waals surface area contributed by atoms with E-state index in [1.807, 2.05) is 0 Å². The minimum absolute atomic E-state index is 0.0571. The summed E-state index contributed by atoms with van der Waals surface area (Å²) in [5.41, 5.74) is 0.401. The maximum atomic E-state index is 12.8. The van der Waals surface area contributed by atoms with Crippen molar-refractivity contribution >= 4 is 40.9 Å². The van der Waals surface area contributed by atoms with Crippen molar-refractivity contribution in [3.05, 3.63) is 41.2 Å². The molecule has 4 heterocycles. The molecule has 0 aliphatic carbocycles. The van der Waals surface area contributed by atoms with Crippen LogP contribution in [0.25, 0.3) is 0 Å². The Labute approximate surface area is 148 Å². The number of anilines is 3. The summed E-state index contributed by atoms with van der Waals surface area (Å²) in [7, 11) is 0. The zero-order valence-corrected chi connectivity index (χ0v) is 13.8. The minimum Gasteiger partial charge on any atom is -0.476 e. The first-order chi connectivity index (χ1) is 12.0. The normalized spacial score (nSPS) is 18.0. The number of rotatable bonds is 2. The minimum atomic E-state index is -1.23. The van der Waals surface area contributed by atoms with E-state index in [-0.39, 0.29) is 16.8 Å². The van der Waals surface area contributed by atoms with E-state index in [4.69, 9.17) is 11.6 Å². The zero-order valence-electron chi connectivity index (χ0n) is 13.0. The first-order valence-corrected chi connectivity index (χ1v) is 8.12. The summed E-state index contributed by atoms with van der Waals surface area (Å²) in [4.78, 5) is 36.0. The number of aromatic carboxylic acids is 1. The van der Waals surface area contributed by atoms with Crippen molar-refractivity contribution in [3.63, 3.8) is 0 Å². The van der Waals surface area contributed by atoms with Crippen LogP contribution in [-0.4, -0.2) is 46.2 Å². The van der Waals surface area contributed by atoms with Gasteiger partial charge in [-0.25, -0.2) is 19.6 Å². The molecular formula is C16H14ClN5O3. The molecular weight excluding hydrogens is 346 g/mol. The van der Waals surface area contributed by atoms with Gasteiger partial charge >= 0.3 is 12.0 Å².